The first-order chi connectivity index (χ1) is 16.4. The minimum atomic E-state index is -0.519. The smallest absolute Gasteiger partial charge is 0.373 e. The largest absolute Gasteiger partial charge is 0.463 e. The van der Waals surface area contributed by atoms with E-state index in [1.165, 1.54) is 18.9 Å². The fourth-order valence-electron chi connectivity index (χ4n) is 3.44. The molecular weight excluding hydrogens is 454 g/mol. The Hall–Kier alpha value is -3.92. The Balaban J connectivity index is 1.43. The molecule has 1 N–H and O–H groups in total. The highest BCUT2D eigenvalue weighted by atomic mass is 32.2. The number of rotatable bonds is 8. The molecule has 0 aliphatic heterocycles. The van der Waals surface area contributed by atoms with Gasteiger partial charge in [-0.05, 0) is 38.1 Å². The normalized spacial score (nSPS) is 11.3. The van der Waals surface area contributed by atoms with Crippen LogP contribution >= 0.6 is 11.8 Å². The number of hydrazone groups is 1. The molecule has 0 saturated carbocycles. The molecule has 9 nitrogen and oxygen atoms in total. The molecule has 0 aliphatic rings. The van der Waals surface area contributed by atoms with E-state index in [1.807, 2.05) is 54.9 Å². The maximum Gasteiger partial charge on any atom is 0.373 e. The maximum atomic E-state index is 12.2. The number of fused-ring (bicyclic) bond motifs is 1. The van der Waals surface area contributed by atoms with E-state index in [2.05, 4.69) is 20.5 Å². The second kappa shape index (κ2) is 10.3. The van der Waals surface area contributed by atoms with Crippen LogP contribution in [0.15, 0.2) is 63.3 Å². The van der Waals surface area contributed by atoms with Crippen LogP contribution in [0, 0.1) is 13.8 Å². The molecule has 0 bridgehead atoms. The van der Waals surface area contributed by atoms with Gasteiger partial charge in [0.05, 0.1) is 25.6 Å². The number of furan rings is 1. The van der Waals surface area contributed by atoms with Crippen molar-refractivity contribution in [3.8, 4) is 0 Å². The zero-order valence-electron chi connectivity index (χ0n) is 18.9. The van der Waals surface area contributed by atoms with Gasteiger partial charge in [0.15, 0.2) is 5.16 Å². The first-order valence-electron chi connectivity index (χ1n) is 10.4. The lowest BCUT2D eigenvalue weighted by Gasteiger charge is -2.02. The summed E-state index contributed by atoms with van der Waals surface area (Å²) in [6.07, 6.45) is 3.52. The Bertz CT molecular complexity index is 1350. The Morgan fingerprint density at radius 2 is 1.94 bits per heavy atom. The molecule has 0 radical (unpaired) electrons. The molecule has 0 unspecified atom stereocenters. The van der Waals surface area contributed by atoms with Crippen molar-refractivity contribution in [2.24, 2.45) is 5.10 Å². The summed E-state index contributed by atoms with van der Waals surface area (Å²) in [7, 11) is 1.31. The number of nitrogens with one attached hydrogen (secondary N) is 1. The van der Waals surface area contributed by atoms with E-state index >= 15 is 0 Å². The summed E-state index contributed by atoms with van der Waals surface area (Å²) in [5.74, 6) is 0.155. The molecule has 34 heavy (non-hydrogen) atoms. The number of thioether (sulfide) groups is 1. The van der Waals surface area contributed by atoms with Crippen LogP contribution in [0.2, 0.25) is 0 Å². The summed E-state index contributed by atoms with van der Waals surface area (Å²) in [5.41, 5.74) is 6.08. The number of aromatic nitrogens is 3. The summed E-state index contributed by atoms with van der Waals surface area (Å²) in [5, 5.41) is 5.65. The second-order valence-corrected chi connectivity index (χ2v) is 8.44. The van der Waals surface area contributed by atoms with Crippen LogP contribution in [0.3, 0.4) is 0 Å². The number of para-hydroxylation sites is 1. The fourth-order valence-corrected chi connectivity index (χ4v) is 4.19. The van der Waals surface area contributed by atoms with Crippen molar-refractivity contribution in [3.63, 3.8) is 0 Å². The predicted molar refractivity (Wildman–Crippen MR) is 129 cm³/mol. The van der Waals surface area contributed by atoms with Gasteiger partial charge in [-0.25, -0.2) is 20.2 Å². The Kier molecular flexibility index (Phi) is 7.07. The molecule has 0 spiro atoms. The number of ether oxygens (including phenoxy) is 1. The van der Waals surface area contributed by atoms with Crippen molar-refractivity contribution in [1.29, 1.82) is 0 Å². The van der Waals surface area contributed by atoms with Gasteiger partial charge in [0.1, 0.15) is 5.76 Å². The van der Waals surface area contributed by atoms with Crippen LogP contribution in [0.25, 0.3) is 10.9 Å². The third-order valence-corrected chi connectivity index (χ3v) is 5.73. The number of esters is 1. The van der Waals surface area contributed by atoms with Crippen molar-refractivity contribution in [1.82, 2.24) is 20.0 Å². The van der Waals surface area contributed by atoms with E-state index in [4.69, 9.17) is 9.15 Å². The van der Waals surface area contributed by atoms with Crippen molar-refractivity contribution in [2.45, 2.75) is 25.5 Å². The number of aryl methyl sites for hydroxylation is 2. The molecule has 174 valence electrons. The number of hydrogen-bond donors (Lipinski definition) is 1. The van der Waals surface area contributed by atoms with Crippen molar-refractivity contribution < 1.29 is 18.7 Å². The molecule has 0 saturated heterocycles. The summed E-state index contributed by atoms with van der Waals surface area (Å²) in [6, 6.07) is 13.0. The first kappa shape index (κ1) is 23.2. The van der Waals surface area contributed by atoms with Crippen LogP contribution in [-0.4, -0.2) is 45.5 Å². The SMILES string of the molecule is COC(=O)c1ccc(Cn2cc(/C=N\NC(=O)CSc3nc(C)cc(C)n3)c3ccccc32)o1. The van der Waals surface area contributed by atoms with Crippen LogP contribution in [0.4, 0.5) is 0 Å². The van der Waals surface area contributed by atoms with Crippen molar-refractivity contribution in [3.05, 3.63) is 77.1 Å². The van der Waals surface area contributed by atoms with Crippen molar-refractivity contribution >= 4 is 40.8 Å². The highest BCUT2D eigenvalue weighted by Crippen LogP contribution is 2.22. The van der Waals surface area contributed by atoms with Crippen molar-refractivity contribution in [2.75, 3.05) is 12.9 Å². The Labute approximate surface area is 200 Å². The standard InChI is InChI=1S/C24H23N5O4S/c1-15-10-16(2)27-24(26-15)34-14-22(30)28-25-11-17-12-29(20-7-5-4-6-19(17)20)13-18-8-9-21(33-18)23(31)32-3/h4-12H,13-14H2,1-3H3,(H,28,30)/b25-11-. The monoisotopic (exact) mass is 477 g/mol. The number of hydrogen-bond acceptors (Lipinski definition) is 8. The van der Waals surface area contributed by atoms with Gasteiger partial charge in [-0.1, -0.05) is 30.0 Å². The van der Waals surface area contributed by atoms with Gasteiger partial charge >= 0.3 is 5.97 Å². The molecule has 10 heteroatoms. The third kappa shape index (κ3) is 5.52. The van der Waals surface area contributed by atoms with E-state index < -0.39 is 5.97 Å². The molecule has 0 aliphatic carbocycles. The zero-order valence-corrected chi connectivity index (χ0v) is 19.8. The topological polar surface area (TPSA) is 112 Å². The number of benzene rings is 1. The van der Waals surface area contributed by atoms with E-state index in [-0.39, 0.29) is 17.4 Å². The first-order valence-corrected chi connectivity index (χ1v) is 11.4. The average Bonchev–Trinajstić information content (AvgIpc) is 3.42. The molecule has 0 atom stereocenters. The van der Waals surface area contributed by atoms with Crippen LogP contribution in [0.5, 0.6) is 0 Å². The van der Waals surface area contributed by atoms with Gasteiger partial charge in [0.25, 0.3) is 5.91 Å². The lowest BCUT2D eigenvalue weighted by atomic mass is 10.2. The number of amides is 1. The van der Waals surface area contributed by atoms with Crippen LogP contribution in [-0.2, 0) is 16.1 Å². The lowest BCUT2D eigenvalue weighted by Crippen LogP contribution is -2.19. The van der Waals surface area contributed by atoms with E-state index in [0.717, 1.165) is 27.9 Å². The number of methoxy groups -OCH3 is 1. The second-order valence-electron chi connectivity index (χ2n) is 7.50. The molecule has 4 rings (SSSR count). The highest BCUT2D eigenvalue weighted by Gasteiger charge is 2.13. The molecular formula is C24H23N5O4S. The molecule has 0 fully saturated rings. The van der Waals surface area contributed by atoms with E-state index in [1.54, 1.807) is 18.3 Å². The van der Waals surface area contributed by atoms with Gasteiger partial charge < -0.3 is 13.7 Å². The third-order valence-electron chi connectivity index (χ3n) is 4.88. The average molecular weight is 478 g/mol. The Morgan fingerprint density at radius 3 is 2.71 bits per heavy atom. The number of carbonyl (C=O) groups is 2. The van der Waals surface area contributed by atoms with E-state index in [0.29, 0.717) is 17.5 Å². The lowest BCUT2D eigenvalue weighted by molar-refractivity contribution is -0.118. The molecule has 1 aromatic carbocycles. The minimum absolute atomic E-state index is 0.155. The summed E-state index contributed by atoms with van der Waals surface area (Å²) < 4.78 is 12.3. The van der Waals surface area contributed by atoms with Gasteiger partial charge in [0.2, 0.25) is 5.76 Å². The maximum absolute atomic E-state index is 12.2. The molecule has 3 heterocycles. The van der Waals surface area contributed by atoms with E-state index in [9.17, 15) is 9.59 Å². The van der Waals surface area contributed by atoms with Gasteiger partial charge in [-0.15, -0.1) is 0 Å². The molecule has 1 amide bonds. The van der Waals surface area contributed by atoms with Gasteiger partial charge in [0, 0.05) is 34.1 Å². The van der Waals surface area contributed by atoms with Gasteiger partial charge in [-0.3, -0.25) is 4.79 Å². The van der Waals surface area contributed by atoms with Crippen LogP contribution in [0.1, 0.15) is 33.3 Å². The summed E-state index contributed by atoms with van der Waals surface area (Å²) >= 11 is 1.26. The van der Waals surface area contributed by atoms with Crippen LogP contribution < -0.4 is 5.43 Å². The molecule has 4 aromatic rings. The van der Waals surface area contributed by atoms with Gasteiger partial charge in [-0.2, -0.15) is 5.10 Å². The summed E-state index contributed by atoms with van der Waals surface area (Å²) in [6.45, 7) is 4.21. The Morgan fingerprint density at radius 1 is 1.18 bits per heavy atom. The fraction of sp³-hybridized carbons (Fsp3) is 0.208. The predicted octanol–water partition coefficient (Wildman–Crippen LogP) is 3.72. The molecule has 3 aromatic heterocycles. The minimum Gasteiger partial charge on any atom is -0.463 e. The zero-order chi connectivity index (χ0) is 24.1. The highest BCUT2D eigenvalue weighted by molar-refractivity contribution is 7.99. The quantitative estimate of drug-likeness (QED) is 0.135. The number of carbonyl (C=O) groups excluding carboxylic acids is 2. The number of nitrogens with zero attached hydrogens (tertiary/aromatic N) is 4. The summed E-state index contributed by atoms with van der Waals surface area (Å²) in [4.78, 5) is 32.5.